The van der Waals surface area contributed by atoms with Gasteiger partial charge in [-0.1, -0.05) is 36.4 Å². The quantitative estimate of drug-likeness (QED) is 0.477. The van der Waals surface area contributed by atoms with E-state index in [4.69, 9.17) is 10.7 Å². The minimum Gasteiger partial charge on any atom is -0.399 e. The Morgan fingerprint density at radius 2 is 1.89 bits per heavy atom. The van der Waals surface area contributed by atoms with Crippen molar-refractivity contribution in [3.05, 3.63) is 64.6 Å². The van der Waals surface area contributed by atoms with Gasteiger partial charge in [0.15, 0.2) is 5.82 Å². The van der Waals surface area contributed by atoms with Crippen LogP contribution in [0, 0.1) is 6.92 Å². The Morgan fingerprint density at radius 1 is 1.11 bits per heavy atom. The zero-order valence-electron chi connectivity index (χ0n) is 15.4. The van der Waals surface area contributed by atoms with E-state index in [0.29, 0.717) is 11.5 Å². The van der Waals surface area contributed by atoms with Gasteiger partial charge in [-0.15, -0.1) is 0 Å². The number of anilines is 1. The van der Waals surface area contributed by atoms with Gasteiger partial charge < -0.3 is 10.7 Å². The molecule has 140 valence electrons. The van der Waals surface area contributed by atoms with Gasteiger partial charge in [0, 0.05) is 22.9 Å². The summed E-state index contributed by atoms with van der Waals surface area (Å²) in [6, 6.07) is 16.0. The summed E-state index contributed by atoms with van der Waals surface area (Å²) >= 11 is 0. The minimum absolute atomic E-state index is 0.193. The smallest absolute Gasteiger partial charge is 0.343 e. The number of nitrogens with one attached hydrogen (secondary N) is 2. The Hall–Kier alpha value is -3.61. The number of hydrogen-bond donors (Lipinski definition) is 3. The van der Waals surface area contributed by atoms with Crippen LogP contribution in [0.4, 0.5) is 5.69 Å². The van der Waals surface area contributed by atoms with Gasteiger partial charge in [0.2, 0.25) is 0 Å². The third-order valence-corrected chi connectivity index (χ3v) is 5.14. The van der Waals surface area contributed by atoms with Crippen molar-refractivity contribution in [2.24, 2.45) is 0 Å². The first kappa shape index (κ1) is 16.6. The van der Waals surface area contributed by atoms with Gasteiger partial charge in [0.05, 0.1) is 5.69 Å². The van der Waals surface area contributed by atoms with E-state index in [1.807, 2.05) is 55.5 Å². The van der Waals surface area contributed by atoms with Crippen molar-refractivity contribution in [2.45, 2.75) is 25.8 Å². The van der Waals surface area contributed by atoms with Crippen LogP contribution in [-0.4, -0.2) is 24.7 Å². The highest BCUT2D eigenvalue weighted by molar-refractivity contribution is 5.79. The second-order valence-electron chi connectivity index (χ2n) is 7.20. The predicted molar refractivity (Wildman–Crippen MR) is 109 cm³/mol. The number of imidazole rings is 1. The molecule has 1 fully saturated rings. The molecule has 5 rings (SSSR count). The maximum Gasteiger partial charge on any atom is 0.343 e. The molecule has 2 heterocycles. The monoisotopic (exact) mass is 372 g/mol. The van der Waals surface area contributed by atoms with Gasteiger partial charge in [0.1, 0.15) is 11.5 Å². The molecule has 0 radical (unpaired) electrons. The van der Waals surface area contributed by atoms with Crippen LogP contribution in [0.2, 0.25) is 0 Å². The van der Waals surface area contributed by atoms with Crippen LogP contribution in [0.5, 0.6) is 0 Å². The molecule has 0 unspecified atom stereocenters. The molecule has 1 saturated carbocycles. The SMILES string of the molecule is Cc1cc(-c2[nH]c(-c3ccccc3)nc2-c2n[nH]c(=O)n2C2CC2)ccc1N. The van der Waals surface area contributed by atoms with E-state index in [-0.39, 0.29) is 11.7 Å². The summed E-state index contributed by atoms with van der Waals surface area (Å²) in [7, 11) is 0. The molecule has 0 saturated heterocycles. The molecule has 28 heavy (non-hydrogen) atoms. The number of nitrogens with zero attached hydrogens (tertiary/aromatic N) is 3. The Kier molecular flexibility index (Phi) is 3.68. The lowest BCUT2D eigenvalue weighted by atomic mass is 10.1. The van der Waals surface area contributed by atoms with Crippen molar-refractivity contribution >= 4 is 5.69 Å². The fourth-order valence-electron chi connectivity index (χ4n) is 3.45. The molecule has 0 spiro atoms. The normalized spacial score (nSPS) is 13.8. The number of H-pyrrole nitrogens is 2. The molecule has 1 aliphatic carbocycles. The molecule has 0 atom stereocenters. The number of nitrogens with two attached hydrogens (primary N) is 1. The minimum atomic E-state index is -0.193. The van der Waals surface area contributed by atoms with E-state index in [2.05, 4.69) is 15.2 Å². The fourth-order valence-corrected chi connectivity index (χ4v) is 3.45. The van der Waals surface area contributed by atoms with Gasteiger partial charge >= 0.3 is 5.69 Å². The Morgan fingerprint density at radius 3 is 2.61 bits per heavy atom. The zero-order chi connectivity index (χ0) is 19.3. The molecule has 0 bridgehead atoms. The lowest BCUT2D eigenvalue weighted by molar-refractivity contribution is 0.715. The molecule has 0 amide bonds. The van der Waals surface area contributed by atoms with Gasteiger partial charge in [-0.25, -0.2) is 14.9 Å². The summed E-state index contributed by atoms with van der Waals surface area (Å²) in [6.07, 6.45) is 1.97. The lowest BCUT2D eigenvalue weighted by Gasteiger charge is -2.06. The Balaban J connectivity index is 1.74. The molecule has 4 aromatic rings. The summed E-state index contributed by atoms with van der Waals surface area (Å²) in [5, 5.41) is 6.89. The largest absolute Gasteiger partial charge is 0.399 e. The second kappa shape index (κ2) is 6.23. The first-order chi connectivity index (χ1) is 13.6. The summed E-state index contributed by atoms with van der Waals surface area (Å²) < 4.78 is 1.72. The van der Waals surface area contributed by atoms with E-state index in [1.54, 1.807) is 4.57 Å². The van der Waals surface area contributed by atoms with Crippen molar-refractivity contribution in [3.63, 3.8) is 0 Å². The van der Waals surface area contributed by atoms with Gasteiger partial charge in [-0.05, 0) is 37.5 Å². The zero-order valence-corrected chi connectivity index (χ0v) is 15.4. The van der Waals surface area contributed by atoms with Crippen LogP contribution in [-0.2, 0) is 0 Å². The van der Waals surface area contributed by atoms with Crippen molar-refractivity contribution in [1.82, 2.24) is 24.7 Å². The lowest BCUT2D eigenvalue weighted by Crippen LogP contribution is -2.16. The highest BCUT2D eigenvalue weighted by Crippen LogP contribution is 2.39. The number of hydrogen-bond acceptors (Lipinski definition) is 4. The highest BCUT2D eigenvalue weighted by Gasteiger charge is 2.31. The van der Waals surface area contributed by atoms with Crippen LogP contribution in [0.3, 0.4) is 0 Å². The van der Waals surface area contributed by atoms with Crippen molar-refractivity contribution < 1.29 is 0 Å². The van der Waals surface area contributed by atoms with E-state index >= 15 is 0 Å². The standard InChI is InChI=1S/C21H20N6O/c1-12-11-14(7-10-16(12)22)17-18(20-25-26-21(28)27(20)15-8-9-15)24-19(23-17)13-5-3-2-4-6-13/h2-7,10-11,15H,8-9,22H2,1H3,(H,23,24)(H,26,28). The van der Waals surface area contributed by atoms with E-state index < -0.39 is 0 Å². The average molecular weight is 372 g/mol. The second-order valence-corrected chi connectivity index (χ2v) is 7.20. The van der Waals surface area contributed by atoms with Crippen LogP contribution >= 0.6 is 0 Å². The maximum absolute atomic E-state index is 12.3. The van der Waals surface area contributed by atoms with E-state index in [1.165, 1.54) is 0 Å². The van der Waals surface area contributed by atoms with Crippen molar-refractivity contribution in [2.75, 3.05) is 5.73 Å². The molecule has 0 aliphatic heterocycles. The average Bonchev–Trinajstić information content (AvgIpc) is 3.32. The number of benzene rings is 2. The highest BCUT2D eigenvalue weighted by atomic mass is 16.1. The first-order valence-electron chi connectivity index (χ1n) is 9.31. The topological polar surface area (TPSA) is 105 Å². The van der Waals surface area contributed by atoms with Gasteiger partial charge in [0.25, 0.3) is 0 Å². The first-order valence-corrected chi connectivity index (χ1v) is 9.31. The number of rotatable bonds is 4. The van der Waals surface area contributed by atoms with Crippen LogP contribution in [0.15, 0.2) is 53.3 Å². The number of nitrogen functional groups attached to an aromatic ring is 1. The molecular weight excluding hydrogens is 352 g/mol. The van der Waals surface area contributed by atoms with Crippen molar-refractivity contribution in [1.29, 1.82) is 0 Å². The fraction of sp³-hybridized carbons (Fsp3) is 0.190. The summed E-state index contributed by atoms with van der Waals surface area (Å²) in [6.45, 7) is 1.97. The van der Waals surface area contributed by atoms with Crippen LogP contribution in [0.1, 0.15) is 24.4 Å². The van der Waals surface area contributed by atoms with Gasteiger partial charge in [-0.3, -0.25) is 4.57 Å². The molecule has 1 aliphatic rings. The Labute approximate surface area is 161 Å². The molecule has 7 nitrogen and oxygen atoms in total. The molecule has 2 aromatic carbocycles. The van der Waals surface area contributed by atoms with Crippen LogP contribution in [0.25, 0.3) is 34.2 Å². The third-order valence-electron chi connectivity index (χ3n) is 5.14. The number of aryl methyl sites for hydroxylation is 1. The van der Waals surface area contributed by atoms with E-state index in [0.717, 1.165) is 46.7 Å². The number of aromatic nitrogens is 5. The maximum atomic E-state index is 12.3. The summed E-state index contributed by atoms with van der Waals surface area (Å²) in [4.78, 5) is 20.6. The number of aromatic amines is 2. The third kappa shape index (κ3) is 2.72. The van der Waals surface area contributed by atoms with Crippen LogP contribution < -0.4 is 11.4 Å². The van der Waals surface area contributed by atoms with E-state index in [9.17, 15) is 4.79 Å². The molecule has 2 aromatic heterocycles. The Bertz CT molecular complexity index is 1210. The molecular formula is C21H20N6O. The summed E-state index contributed by atoms with van der Waals surface area (Å²) in [5.41, 5.74) is 10.9. The molecule has 4 N–H and O–H groups in total. The predicted octanol–water partition coefficient (Wildman–Crippen LogP) is 3.52. The molecule has 7 heteroatoms. The summed E-state index contributed by atoms with van der Waals surface area (Å²) in [5.74, 6) is 1.30. The van der Waals surface area contributed by atoms with Gasteiger partial charge in [-0.2, -0.15) is 5.10 Å². The van der Waals surface area contributed by atoms with Crippen molar-refractivity contribution in [3.8, 4) is 34.2 Å².